The number of hydrogen-bond donors (Lipinski definition) is 1. The third-order valence-corrected chi connectivity index (χ3v) is 3.89. The molecule has 2 fully saturated rings. The Hall–Kier alpha value is -1.25. The molecule has 1 aromatic heterocycles. The lowest BCUT2D eigenvalue weighted by Gasteiger charge is -2.50. The molecule has 2 N–H and O–H groups in total. The Labute approximate surface area is 90.3 Å². The van der Waals surface area contributed by atoms with Crippen LogP contribution in [0.1, 0.15) is 25.7 Å². The number of nitrogens with zero attached hydrogens (tertiary/aromatic N) is 2. The number of aromatic nitrogens is 1. The van der Waals surface area contributed by atoms with Crippen molar-refractivity contribution < 1.29 is 0 Å². The van der Waals surface area contributed by atoms with E-state index in [1.165, 1.54) is 44.5 Å². The minimum Gasteiger partial charge on any atom is -0.396 e. The molecule has 1 spiro atoms. The minimum atomic E-state index is 0.635. The zero-order valence-corrected chi connectivity index (χ0v) is 8.95. The topological polar surface area (TPSA) is 42.1 Å². The first-order valence-corrected chi connectivity index (χ1v) is 5.74. The molecular weight excluding hydrogens is 186 g/mol. The summed E-state index contributed by atoms with van der Waals surface area (Å²) in [5.74, 6) is 0. The maximum Gasteiger partial charge on any atom is 0.0738 e. The molecule has 0 radical (unpaired) electrons. The maximum absolute atomic E-state index is 5.91. The van der Waals surface area contributed by atoms with E-state index in [4.69, 9.17) is 5.73 Å². The molecule has 1 saturated heterocycles. The first-order valence-electron chi connectivity index (χ1n) is 5.74. The lowest BCUT2D eigenvalue weighted by Crippen LogP contribution is -2.55. The third kappa shape index (κ3) is 1.37. The standard InChI is InChI=1S/C12H17N3/c13-10-7-14-6-3-11(10)15-8-12(9-15)4-1-2-5-12/h3,6-7H,1-2,4-5,8-9,13H2. The fourth-order valence-electron chi connectivity index (χ4n) is 3.06. The van der Waals surface area contributed by atoms with Crippen molar-refractivity contribution in [3.05, 3.63) is 18.5 Å². The average Bonchev–Trinajstić information content (AvgIpc) is 2.65. The fourth-order valence-corrected chi connectivity index (χ4v) is 3.06. The lowest BCUT2D eigenvalue weighted by atomic mass is 9.78. The number of nitrogen functional groups attached to an aromatic ring is 1. The Morgan fingerprint density at radius 3 is 2.67 bits per heavy atom. The first kappa shape index (κ1) is 9.01. The Bertz CT molecular complexity index is 361. The number of nitrogens with two attached hydrogens (primary N) is 1. The first-order chi connectivity index (χ1) is 7.29. The molecule has 0 aromatic carbocycles. The van der Waals surface area contributed by atoms with Crippen molar-refractivity contribution in [1.82, 2.24) is 4.98 Å². The number of hydrogen-bond acceptors (Lipinski definition) is 3. The van der Waals surface area contributed by atoms with Crippen LogP contribution in [-0.2, 0) is 0 Å². The quantitative estimate of drug-likeness (QED) is 0.759. The largest absolute Gasteiger partial charge is 0.396 e. The normalized spacial score (nSPS) is 23.1. The third-order valence-electron chi connectivity index (χ3n) is 3.89. The highest BCUT2D eigenvalue weighted by Gasteiger charge is 2.44. The van der Waals surface area contributed by atoms with Crippen LogP contribution in [0.15, 0.2) is 18.5 Å². The van der Waals surface area contributed by atoms with Gasteiger partial charge in [-0.1, -0.05) is 12.8 Å². The highest BCUT2D eigenvalue weighted by molar-refractivity contribution is 5.67. The van der Waals surface area contributed by atoms with E-state index in [2.05, 4.69) is 9.88 Å². The molecule has 1 aliphatic heterocycles. The summed E-state index contributed by atoms with van der Waals surface area (Å²) in [7, 11) is 0. The van der Waals surface area contributed by atoms with Crippen LogP contribution in [0.3, 0.4) is 0 Å². The van der Waals surface area contributed by atoms with Crippen molar-refractivity contribution in [2.75, 3.05) is 23.7 Å². The lowest BCUT2D eigenvalue weighted by molar-refractivity contribution is 0.222. The van der Waals surface area contributed by atoms with Gasteiger partial charge in [0.2, 0.25) is 0 Å². The molecule has 0 atom stereocenters. The summed E-state index contributed by atoms with van der Waals surface area (Å²) in [6.45, 7) is 2.39. The van der Waals surface area contributed by atoms with Crippen LogP contribution in [0.5, 0.6) is 0 Å². The van der Waals surface area contributed by atoms with E-state index in [9.17, 15) is 0 Å². The Morgan fingerprint density at radius 2 is 2.00 bits per heavy atom. The molecule has 0 bridgehead atoms. The summed E-state index contributed by atoms with van der Waals surface area (Å²) in [6.07, 6.45) is 9.22. The molecule has 2 aliphatic rings. The van der Waals surface area contributed by atoms with Gasteiger partial charge in [0.05, 0.1) is 17.6 Å². The van der Waals surface area contributed by atoms with Crippen LogP contribution < -0.4 is 10.6 Å². The van der Waals surface area contributed by atoms with Crippen molar-refractivity contribution in [3.8, 4) is 0 Å². The number of rotatable bonds is 1. The summed E-state index contributed by atoms with van der Waals surface area (Å²) in [6, 6.07) is 2.02. The smallest absolute Gasteiger partial charge is 0.0738 e. The summed E-state index contributed by atoms with van der Waals surface area (Å²) >= 11 is 0. The predicted molar refractivity (Wildman–Crippen MR) is 61.8 cm³/mol. The van der Waals surface area contributed by atoms with Gasteiger partial charge in [0.15, 0.2) is 0 Å². The highest BCUT2D eigenvalue weighted by Crippen LogP contribution is 2.47. The summed E-state index contributed by atoms with van der Waals surface area (Å²) in [5.41, 5.74) is 8.53. The molecule has 80 valence electrons. The number of pyridine rings is 1. The van der Waals surface area contributed by atoms with Gasteiger partial charge in [-0.3, -0.25) is 4.98 Å². The fraction of sp³-hybridized carbons (Fsp3) is 0.583. The van der Waals surface area contributed by atoms with Gasteiger partial charge in [-0.15, -0.1) is 0 Å². The van der Waals surface area contributed by atoms with E-state index in [0.717, 1.165) is 5.69 Å². The second kappa shape index (κ2) is 3.12. The highest BCUT2D eigenvalue weighted by atomic mass is 15.2. The Balaban J connectivity index is 1.75. The van der Waals surface area contributed by atoms with Crippen molar-refractivity contribution in [2.24, 2.45) is 5.41 Å². The van der Waals surface area contributed by atoms with E-state index in [1.54, 1.807) is 6.20 Å². The van der Waals surface area contributed by atoms with Crippen LogP contribution in [-0.4, -0.2) is 18.1 Å². The molecule has 1 aliphatic carbocycles. The Morgan fingerprint density at radius 1 is 1.27 bits per heavy atom. The maximum atomic E-state index is 5.91. The van der Waals surface area contributed by atoms with Crippen molar-refractivity contribution >= 4 is 11.4 Å². The van der Waals surface area contributed by atoms with E-state index in [-0.39, 0.29) is 0 Å². The van der Waals surface area contributed by atoms with Gasteiger partial charge < -0.3 is 10.6 Å². The van der Waals surface area contributed by atoms with E-state index >= 15 is 0 Å². The van der Waals surface area contributed by atoms with Crippen LogP contribution in [0.4, 0.5) is 11.4 Å². The second-order valence-electron chi connectivity index (χ2n) is 5.00. The van der Waals surface area contributed by atoms with Crippen LogP contribution in [0.2, 0.25) is 0 Å². The molecule has 1 saturated carbocycles. The zero-order chi connectivity index (χ0) is 10.3. The van der Waals surface area contributed by atoms with Gasteiger partial charge in [0.1, 0.15) is 0 Å². The molecular formula is C12H17N3. The van der Waals surface area contributed by atoms with Crippen molar-refractivity contribution in [2.45, 2.75) is 25.7 Å². The average molecular weight is 203 g/mol. The SMILES string of the molecule is Nc1cnccc1N1CC2(CCCC2)C1. The van der Waals surface area contributed by atoms with Gasteiger partial charge in [0.25, 0.3) is 0 Å². The molecule has 3 nitrogen and oxygen atoms in total. The van der Waals surface area contributed by atoms with E-state index in [0.29, 0.717) is 5.41 Å². The van der Waals surface area contributed by atoms with E-state index in [1.807, 2.05) is 12.3 Å². The van der Waals surface area contributed by atoms with Gasteiger partial charge in [-0.05, 0) is 18.9 Å². The molecule has 0 amide bonds. The van der Waals surface area contributed by atoms with Crippen LogP contribution in [0.25, 0.3) is 0 Å². The molecule has 2 heterocycles. The predicted octanol–water partition coefficient (Wildman–Crippen LogP) is 2.04. The van der Waals surface area contributed by atoms with Gasteiger partial charge in [-0.2, -0.15) is 0 Å². The van der Waals surface area contributed by atoms with Gasteiger partial charge in [-0.25, -0.2) is 0 Å². The van der Waals surface area contributed by atoms with Crippen molar-refractivity contribution in [3.63, 3.8) is 0 Å². The molecule has 15 heavy (non-hydrogen) atoms. The monoisotopic (exact) mass is 203 g/mol. The summed E-state index contributed by atoms with van der Waals surface area (Å²) < 4.78 is 0. The minimum absolute atomic E-state index is 0.635. The Kier molecular flexibility index (Phi) is 1.87. The van der Waals surface area contributed by atoms with Crippen molar-refractivity contribution in [1.29, 1.82) is 0 Å². The summed E-state index contributed by atoms with van der Waals surface area (Å²) in [4.78, 5) is 6.41. The van der Waals surface area contributed by atoms with Gasteiger partial charge >= 0.3 is 0 Å². The second-order valence-corrected chi connectivity index (χ2v) is 5.00. The summed E-state index contributed by atoms with van der Waals surface area (Å²) in [5, 5.41) is 0. The molecule has 3 heteroatoms. The van der Waals surface area contributed by atoms with E-state index < -0.39 is 0 Å². The van der Waals surface area contributed by atoms with Crippen LogP contribution in [0, 0.1) is 5.41 Å². The molecule has 3 rings (SSSR count). The molecule has 1 aromatic rings. The zero-order valence-electron chi connectivity index (χ0n) is 8.95. The molecule has 0 unspecified atom stereocenters. The van der Waals surface area contributed by atoms with Crippen LogP contribution >= 0.6 is 0 Å². The number of anilines is 2. The van der Waals surface area contributed by atoms with Gasteiger partial charge in [0, 0.05) is 24.7 Å².